The summed E-state index contributed by atoms with van der Waals surface area (Å²) >= 11 is 5.77. The number of halogens is 2. The van der Waals surface area contributed by atoms with Crippen molar-refractivity contribution < 1.29 is 4.39 Å². The van der Waals surface area contributed by atoms with Crippen molar-refractivity contribution in [2.75, 3.05) is 0 Å². The summed E-state index contributed by atoms with van der Waals surface area (Å²) in [5, 5.41) is 15.8. The first-order chi connectivity index (χ1) is 10.6. The minimum atomic E-state index is -0.381. The van der Waals surface area contributed by atoms with E-state index in [2.05, 4.69) is 21.1 Å². The van der Waals surface area contributed by atoms with Crippen molar-refractivity contribution in [3.8, 4) is 0 Å². The van der Waals surface area contributed by atoms with E-state index in [-0.39, 0.29) is 11.8 Å². The minimum Gasteiger partial charge on any atom is -0.266 e. The van der Waals surface area contributed by atoms with Crippen molar-refractivity contribution >= 4 is 30.0 Å². The lowest BCUT2D eigenvalue weighted by Gasteiger charge is -2.01. The molecule has 0 bridgehead atoms. The van der Waals surface area contributed by atoms with E-state index < -0.39 is 0 Å². The quantitative estimate of drug-likeness (QED) is 0.461. The van der Waals surface area contributed by atoms with Gasteiger partial charge in [-0.2, -0.15) is 10.2 Å². The lowest BCUT2D eigenvalue weighted by molar-refractivity contribution is 0.626. The molecule has 0 aliphatic carbocycles. The summed E-state index contributed by atoms with van der Waals surface area (Å²) in [4.78, 5) is 0. The molecule has 3 N–H and O–H groups in total. The molecule has 0 saturated heterocycles. The molecule has 0 fully saturated rings. The molecular weight excluding hydrogens is 305 g/mol. The standard InChI is InChI=1S/C15H13ClFN5/c16-13-7-5-11(6-8-13)9-19-21-15(18)22-20-10-12-3-1-2-4-14(12)17/h1-10H,(H3,18,21,22)/b19-9+,20-10+. The van der Waals surface area contributed by atoms with Gasteiger partial charge < -0.3 is 0 Å². The van der Waals surface area contributed by atoms with Crippen LogP contribution in [0, 0.1) is 11.2 Å². The van der Waals surface area contributed by atoms with E-state index in [4.69, 9.17) is 17.0 Å². The summed E-state index contributed by atoms with van der Waals surface area (Å²) in [5.74, 6) is -0.522. The van der Waals surface area contributed by atoms with Gasteiger partial charge in [0, 0.05) is 10.6 Å². The van der Waals surface area contributed by atoms with Crippen LogP contribution in [0.3, 0.4) is 0 Å². The molecule has 0 amide bonds. The van der Waals surface area contributed by atoms with Crippen molar-refractivity contribution in [3.63, 3.8) is 0 Å². The molecule has 0 radical (unpaired) electrons. The summed E-state index contributed by atoms with van der Waals surface area (Å²) in [6, 6.07) is 13.3. The Bertz CT molecular complexity index is 697. The first-order valence-electron chi connectivity index (χ1n) is 6.32. The van der Waals surface area contributed by atoms with Crippen molar-refractivity contribution in [2.45, 2.75) is 0 Å². The highest BCUT2D eigenvalue weighted by molar-refractivity contribution is 6.30. The molecule has 0 atom stereocenters. The number of nitrogens with zero attached hydrogens (tertiary/aromatic N) is 2. The Morgan fingerprint density at radius 1 is 1.00 bits per heavy atom. The Hall–Kier alpha value is -2.73. The Balaban J connectivity index is 1.81. The molecule has 0 aromatic heterocycles. The van der Waals surface area contributed by atoms with Gasteiger partial charge in [-0.3, -0.25) is 5.41 Å². The Morgan fingerprint density at radius 2 is 1.64 bits per heavy atom. The maximum Gasteiger partial charge on any atom is 0.230 e. The molecular formula is C15H13ClFN5. The second-order valence-corrected chi connectivity index (χ2v) is 4.62. The van der Waals surface area contributed by atoms with Crippen molar-refractivity contribution in [1.29, 1.82) is 5.41 Å². The molecule has 112 valence electrons. The van der Waals surface area contributed by atoms with Crippen molar-refractivity contribution in [3.05, 3.63) is 70.5 Å². The summed E-state index contributed by atoms with van der Waals surface area (Å²) in [6.07, 6.45) is 2.82. The second kappa shape index (κ2) is 7.90. The van der Waals surface area contributed by atoms with Gasteiger partial charge in [-0.1, -0.05) is 41.9 Å². The number of guanidine groups is 1. The fourth-order valence-electron chi connectivity index (χ4n) is 1.49. The van der Waals surface area contributed by atoms with Gasteiger partial charge in [0.1, 0.15) is 5.82 Å². The number of rotatable bonds is 4. The van der Waals surface area contributed by atoms with Crippen LogP contribution in [0.5, 0.6) is 0 Å². The highest BCUT2D eigenvalue weighted by Gasteiger charge is 1.96. The zero-order valence-electron chi connectivity index (χ0n) is 11.4. The number of hydrazone groups is 2. The van der Waals surface area contributed by atoms with E-state index >= 15 is 0 Å². The summed E-state index contributed by atoms with van der Waals surface area (Å²) in [5.41, 5.74) is 6.00. The van der Waals surface area contributed by atoms with Gasteiger partial charge in [-0.05, 0) is 23.8 Å². The molecule has 7 heteroatoms. The smallest absolute Gasteiger partial charge is 0.230 e. The predicted molar refractivity (Wildman–Crippen MR) is 87.0 cm³/mol. The molecule has 2 rings (SSSR count). The van der Waals surface area contributed by atoms with Gasteiger partial charge in [-0.15, -0.1) is 0 Å². The van der Waals surface area contributed by atoms with Crippen LogP contribution in [0.4, 0.5) is 4.39 Å². The third kappa shape index (κ3) is 4.99. The molecule has 2 aromatic rings. The molecule has 2 aromatic carbocycles. The van der Waals surface area contributed by atoms with Crippen LogP contribution in [0.2, 0.25) is 5.02 Å². The van der Waals surface area contributed by atoms with Gasteiger partial charge in [0.15, 0.2) is 0 Å². The normalized spacial score (nSPS) is 11.0. The lowest BCUT2D eigenvalue weighted by atomic mass is 10.2. The molecule has 0 aliphatic rings. The SMILES string of the molecule is N=C(N/N=C/c1ccc(Cl)cc1)N/N=C/c1ccccc1F. The number of nitrogens with one attached hydrogen (secondary N) is 3. The van der Waals surface area contributed by atoms with E-state index in [1.54, 1.807) is 42.5 Å². The maximum absolute atomic E-state index is 13.3. The fourth-order valence-corrected chi connectivity index (χ4v) is 1.62. The van der Waals surface area contributed by atoms with E-state index in [9.17, 15) is 4.39 Å². The molecule has 0 unspecified atom stereocenters. The highest BCUT2D eigenvalue weighted by atomic mass is 35.5. The molecule has 0 spiro atoms. The van der Waals surface area contributed by atoms with E-state index in [0.29, 0.717) is 10.6 Å². The molecule has 0 heterocycles. The first kappa shape index (κ1) is 15.7. The zero-order valence-corrected chi connectivity index (χ0v) is 12.2. The van der Waals surface area contributed by atoms with Gasteiger partial charge >= 0.3 is 0 Å². The molecule has 0 aliphatic heterocycles. The van der Waals surface area contributed by atoms with E-state index in [0.717, 1.165) is 5.56 Å². The summed E-state index contributed by atoms with van der Waals surface area (Å²) in [7, 11) is 0. The second-order valence-electron chi connectivity index (χ2n) is 4.19. The van der Waals surface area contributed by atoms with Crippen LogP contribution in [0.15, 0.2) is 58.7 Å². The van der Waals surface area contributed by atoms with Gasteiger partial charge in [0.25, 0.3) is 0 Å². The number of hydrogen-bond donors (Lipinski definition) is 3. The van der Waals surface area contributed by atoms with Crippen LogP contribution in [0.25, 0.3) is 0 Å². The average Bonchev–Trinajstić information content (AvgIpc) is 2.51. The number of hydrogen-bond acceptors (Lipinski definition) is 3. The van der Waals surface area contributed by atoms with Crippen LogP contribution < -0.4 is 10.9 Å². The molecule has 0 saturated carbocycles. The Labute approximate surface area is 132 Å². The van der Waals surface area contributed by atoms with E-state index in [1.807, 2.05) is 0 Å². The highest BCUT2D eigenvalue weighted by Crippen LogP contribution is 2.07. The van der Waals surface area contributed by atoms with Gasteiger partial charge in [0.05, 0.1) is 12.4 Å². The van der Waals surface area contributed by atoms with Crippen LogP contribution >= 0.6 is 11.6 Å². The molecule has 22 heavy (non-hydrogen) atoms. The summed E-state index contributed by atoms with van der Waals surface area (Å²) < 4.78 is 13.3. The van der Waals surface area contributed by atoms with Crippen molar-refractivity contribution in [2.24, 2.45) is 10.2 Å². The van der Waals surface area contributed by atoms with E-state index in [1.165, 1.54) is 18.5 Å². The monoisotopic (exact) mass is 317 g/mol. The first-order valence-corrected chi connectivity index (χ1v) is 6.70. The number of benzene rings is 2. The third-order valence-electron chi connectivity index (χ3n) is 2.55. The Kier molecular flexibility index (Phi) is 5.62. The lowest BCUT2D eigenvalue weighted by Crippen LogP contribution is -2.29. The van der Waals surface area contributed by atoms with Crippen molar-refractivity contribution in [1.82, 2.24) is 10.9 Å². The Morgan fingerprint density at radius 3 is 2.32 bits per heavy atom. The van der Waals surface area contributed by atoms with Crippen LogP contribution in [-0.2, 0) is 0 Å². The third-order valence-corrected chi connectivity index (χ3v) is 2.80. The van der Waals surface area contributed by atoms with Gasteiger partial charge in [-0.25, -0.2) is 15.2 Å². The average molecular weight is 318 g/mol. The zero-order chi connectivity index (χ0) is 15.8. The minimum absolute atomic E-state index is 0.141. The van der Waals surface area contributed by atoms with Crippen LogP contribution in [-0.4, -0.2) is 18.4 Å². The van der Waals surface area contributed by atoms with Crippen LogP contribution in [0.1, 0.15) is 11.1 Å². The largest absolute Gasteiger partial charge is 0.266 e. The maximum atomic E-state index is 13.3. The predicted octanol–water partition coefficient (Wildman–Crippen LogP) is 2.96. The topological polar surface area (TPSA) is 72.6 Å². The summed E-state index contributed by atoms with van der Waals surface area (Å²) in [6.45, 7) is 0. The van der Waals surface area contributed by atoms with Gasteiger partial charge in [0.2, 0.25) is 5.96 Å². The fraction of sp³-hybridized carbons (Fsp3) is 0. The molecule has 5 nitrogen and oxygen atoms in total.